The maximum atomic E-state index is 13.4. The first-order valence-corrected chi connectivity index (χ1v) is 13.8. The number of aryl methyl sites for hydroxylation is 4. The zero-order valence-corrected chi connectivity index (χ0v) is 21.7. The first-order chi connectivity index (χ1) is 15.6. The van der Waals surface area contributed by atoms with Gasteiger partial charge in [0.15, 0.2) is 0 Å². The van der Waals surface area contributed by atoms with E-state index in [1.165, 1.54) is 5.39 Å². The van der Waals surface area contributed by atoms with E-state index in [1.807, 2.05) is 18.7 Å². The molecule has 0 fully saturated rings. The van der Waals surface area contributed by atoms with Crippen molar-refractivity contribution in [1.82, 2.24) is 14.3 Å². The Bertz CT molecular complexity index is 1120. The van der Waals surface area contributed by atoms with Gasteiger partial charge in [-0.15, -0.1) is 4.52 Å². The van der Waals surface area contributed by atoms with E-state index in [2.05, 4.69) is 45.6 Å². The highest BCUT2D eigenvalue weighted by Crippen LogP contribution is 2.39. The maximum absolute atomic E-state index is 13.4. The molecule has 3 aromatic rings. The zero-order chi connectivity index (χ0) is 22.7. The molecule has 0 saturated heterocycles. The van der Waals surface area contributed by atoms with Gasteiger partial charge < -0.3 is 4.74 Å². The lowest BCUT2D eigenvalue weighted by molar-refractivity contribution is 0.112. The third-order valence-electron chi connectivity index (χ3n) is 6.14. The van der Waals surface area contributed by atoms with Crippen molar-refractivity contribution in [2.45, 2.75) is 59.1 Å². The molecule has 1 aliphatic rings. The Morgan fingerprint density at radius 1 is 1.28 bits per heavy atom. The highest BCUT2D eigenvalue weighted by atomic mass is 79.9. The van der Waals surface area contributed by atoms with E-state index in [1.54, 1.807) is 0 Å². The number of nitrogens with zero attached hydrogens (tertiary/aromatic N) is 3. The van der Waals surface area contributed by atoms with E-state index >= 15 is 0 Å². The molecular formula is C24H32BrN3O3P+. The molecule has 0 bridgehead atoms. The Hall–Kier alpha value is -1.53. The highest BCUT2D eigenvalue weighted by molar-refractivity contribution is 9.09. The molecule has 6 nitrogen and oxygen atoms in total. The minimum atomic E-state index is -1.94. The summed E-state index contributed by atoms with van der Waals surface area (Å²) < 4.78 is 29.3. The fraction of sp³-hybridized carbons (Fsp3) is 0.542. The summed E-state index contributed by atoms with van der Waals surface area (Å²) in [5, 5.41) is 6.91. The molecular weight excluding hydrogens is 489 g/mol. The first-order valence-electron chi connectivity index (χ1n) is 11.5. The number of para-hydroxylation sites is 1. The van der Waals surface area contributed by atoms with E-state index in [-0.39, 0.29) is 0 Å². The van der Waals surface area contributed by atoms with Gasteiger partial charge in [0, 0.05) is 47.6 Å². The number of hydrogen-bond donors (Lipinski definition) is 0. The molecule has 0 N–H and O–H groups in total. The fourth-order valence-electron chi connectivity index (χ4n) is 4.75. The number of fused-ring (bicyclic) bond motifs is 2. The summed E-state index contributed by atoms with van der Waals surface area (Å²) in [4.78, 5) is 0. The Kier molecular flexibility index (Phi) is 7.83. The van der Waals surface area contributed by atoms with Crippen LogP contribution in [0.1, 0.15) is 50.1 Å². The highest BCUT2D eigenvalue weighted by Gasteiger charge is 2.35. The van der Waals surface area contributed by atoms with Gasteiger partial charge in [0.2, 0.25) is 0 Å². The lowest BCUT2D eigenvalue weighted by atomic mass is 9.98. The molecule has 172 valence electrons. The average Bonchev–Trinajstić information content (AvgIpc) is 3.27. The Morgan fingerprint density at radius 3 is 2.88 bits per heavy atom. The molecule has 1 atom stereocenters. The second kappa shape index (κ2) is 10.6. The van der Waals surface area contributed by atoms with Gasteiger partial charge in [0.25, 0.3) is 0 Å². The van der Waals surface area contributed by atoms with Gasteiger partial charge in [-0.25, -0.2) is 0 Å². The predicted octanol–water partition coefficient (Wildman–Crippen LogP) is 5.65. The normalized spacial score (nSPS) is 14.9. The molecule has 32 heavy (non-hydrogen) atoms. The van der Waals surface area contributed by atoms with Gasteiger partial charge in [0.1, 0.15) is 6.61 Å². The molecule has 0 radical (unpaired) electrons. The predicted molar refractivity (Wildman–Crippen MR) is 133 cm³/mol. The molecule has 0 saturated carbocycles. The van der Waals surface area contributed by atoms with Crippen LogP contribution >= 0.6 is 24.0 Å². The number of hydrogen-bond acceptors (Lipinski definition) is 4. The minimum absolute atomic E-state index is 0.433. The Morgan fingerprint density at radius 2 is 2.12 bits per heavy atom. The molecule has 2 aromatic heterocycles. The number of aromatic nitrogens is 3. The quantitative estimate of drug-likeness (QED) is 0.298. The number of benzene rings is 1. The smallest absolute Gasteiger partial charge is 0.375 e. The van der Waals surface area contributed by atoms with E-state index in [9.17, 15) is 4.57 Å². The van der Waals surface area contributed by atoms with Gasteiger partial charge >= 0.3 is 13.5 Å². The van der Waals surface area contributed by atoms with Crippen molar-refractivity contribution in [1.29, 1.82) is 0 Å². The SMILES string of the molecule is CCO[P+](=O)c1c(CCCBr)c2cccc3c2n1CCCCOCc1c-3c(CC)nn1C. The van der Waals surface area contributed by atoms with E-state index < -0.39 is 8.03 Å². The van der Waals surface area contributed by atoms with Crippen LogP contribution in [0.5, 0.6) is 0 Å². The standard InChI is InChI=1S/C24H32BrN3O3P/c1-4-20-22-19-11-8-10-17-18(12-9-13-25)24(32(29)31-5-2)28(23(17)19)14-6-7-15-30-16-21(22)27(3)26-20/h8,10-11H,4-7,9,12-16H2,1-3H3/q+1. The number of halogens is 1. The monoisotopic (exact) mass is 520 g/mol. The van der Waals surface area contributed by atoms with Crippen LogP contribution in [0.15, 0.2) is 18.2 Å². The summed E-state index contributed by atoms with van der Waals surface area (Å²) in [5.41, 5.74) is 7.65. The Labute approximate surface area is 199 Å². The van der Waals surface area contributed by atoms with Gasteiger partial charge in [-0.1, -0.05) is 41.1 Å². The first kappa shape index (κ1) is 23.6. The van der Waals surface area contributed by atoms with Crippen molar-refractivity contribution >= 4 is 40.3 Å². The van der Waals surface area contributed by atoms with Crippen LogP contribution in [0.25, 0.3) is 22.0 Å². The lowest BCUT2D eigenvalue weighted by Gasteiger charge is -2.11. The fourth-order valence-corrected chi connectivity index (χ4v) is 6.24. The Balaban J connectivity index is 2.08. The zero-order valence-electron chi connectivity index (χ0n) is 19.2. The third-order valence-corrected chi connectivity index (χ3v) is 8.05. The number of ether oxygens (including phenoxy) is 1. The van der Waals surface area contributed by atoms with Crippen LogP contribution < -0.4 is 5.44 Å². The number of rotatable bonds is 7. The van der Waals surface area contributed by atoms with E-state index in [0.29, 0.717) is 19.8 Å². The van der Waals surface area contributed by atoms with Crippen LogP contribution in [0.2, 0.25) is 0 Å². The third kappa shape index (κ3) is 4.33. The van der Waals surface area contributed by atoms with Gasteiger partial charge in [-0.05, 0) is 43.6 Å². The van der Waals surface area contributed by atoms with Crippen LogP contribution in [0, 0.1) is 0 Å². The second-order valence-corrected chi connectivity index (χ2v) is 10.1. The molecule has 1 aromatic carbocycles. The van der Waals surface area contributed by atoms with Crippen molar-refractivity contribution in [3.05, 3.63) is 35.2 Å². The summed E-state index contributed by atoms with van der Waals surface area (Å²) >= 11 is 3.58. The van der Waals surface area contributed by atoms with Crippen molar-refractivity contribution in [2.24, 2.45) is 7.05 Å². The molecule has 1 aliphatic heterocycles. The average molecular weight is 521 g/mol. The summed E-state index contributed by atoms with van der Waals surface area (Å²) in [6.07, 6.45) is 4.62. The molecule has 0 amide bonds. The van der Waals surface area contributed by atoms with Gasteiger partial charge in [-0.2, -0.15) is 5.10 Å². The van der Waals surface area contributed by atoms with Crippen molar-refractivity contribution in [3.8, 4) is 11.1 Å². The summed E-state index contributed by atoms with van der Waals surface area (Å²) in [7, 11) is 0.0637. The summed E-state index contributed by atoms with van der Waals surface area (Å²) in [5.74, 6) is 0. The van der Waals surface area contributed by atoms with Crippen molar-refractivity contribution in [2.75, 3.05) is 18.5 Å². The summed E-state index contributed by atoms with van der Waals surface area (Å²) in [6.45, 7) is 6.53. The molecule has 4 rings (SSSR count). The minimum Gasteiger partial charge on any atom is -0.375 e. The maximum Gasteiger partial charge on any atom is 0.567 e. The van der Waals surface area contributed by atoms with Crippen LogP contribution in [0.4, 0.5) is 0 Å². The second-order valence-electron chi connectivity index (χ2n) is 8.13. The largest absolute Gasteiger partial charge is 0.567 e. The van der Waals surface area contributed by atoms with Gasteiger partial charge in [0.05, 0.1) is 23.5 Å². The van der Waals surface area contributed by atoms with Crippen molar-refractivity contribution in [3.63, 3.8) is 0 Å². The summed E-state index contributed by atoms with van der Waals surface area (Å²) in [6, 6.07) is 6.48. The molecule has 0 aliphatic carbocycles. The van der Waals surface area contributed by atoms with Crippen LogP contribution in [-0.4, -0.2) is 32.9 Å². The molecule has 3 heterocycles. The van der Waals surface area contributed by atoms with Crippen LogP contribution in [0.3, 0.4) is 0 Å². The van der Waals surface area contributed by atoms with Crippen molar-refractivity contribution < 1.29 is 13.8 Å². The molecule has 0 spiro atoms. The van der Waals surface area contributed by atoms with E-state index in [0.717, 1.165) is 83.0 Å². The number of alkyl halides is 1. The lowest BCUT2D eigenvalue weighted by Crippen LogP contribution is -2.18. The van der Waals surface area contributed by atoms with Crippen LogP contribution in [-0.2, 0) is 46.9 Å². The van der Waals surface area contributed by atoms with Gasteiger partial charge in [-0.3, -0.25) is 9.25 Å². The van der Waals surface area contributed by atoms with E-state index in [4.69, 9.17) is 14.4 Å². The molecule has 8 heteroatoms. The topological polar surface area (TPSA) is 58.3 Å². The molecule has 1 unspecified atom stereocenters.